The summed E-state index contributed by atoms with van der Waals surface area (Å²) in [5.41, 5.74) is 0. The van der Waals surface area contributed by atoms with Gasteiger partial charge in [0.2, 0.25) is 0 Å². The molecule has 6 heteroatoms. The van der Waals surface area contributed by atoms with Crippen molar-refractivity contribution in [3.05, 3.63) is 12.2 Å². The van der Waals surface area contributed by atoms with Gasteiger partial charge in [-0.1, -0.05) is 31.4 Å². The number of alkyl halides is 1. The van der Waals surface area contributed by atoms with E-state index in [0.717, 1.165) is 32.1 Å². The first-order chi connectivity index (χ1) is 12.5. The minimum atomic E-state index is -0.977. The van der Waals surface area contributed by atoms with E-state index >= 15 is 0 Å². The number of rotatable bonds is 10. The zero-order valence-corrected chi connectivity index (χ0v) is 16.2. The minimum Gasteiger partial charge on any atom is -0.480 e. The highest BCUT2D eigenvalue weighted by Gasteiger charge is 2.40. The van der Waals surface area contributed by atoms with Crippen LogP contribution in [0.4, 0.5) is 0 Å². The van der Waals surface area contributed by atoms with Gasteiger partial charge in [0.1, 0.15) is 6.61 Å². The molecule has 2 saturated carbocycles. The van der Waals surface area contributed by atoms with Gasteiger partial charge in [0.05, 0.1) is 18.8 Å². The summed E-state index contributed by atoms with van der Waals surface area (Å²) in [5.74, 6) is -0.269. The fourth-order valence-electron chi connectivity index (χ4n) is 4.52. The average Bonchev–Trinajstić information content (AvgIpc) is 2.89. The zero-order chi connectivity index (χ0) is 18.9. The van der Waals surface area contributed by atoms with E-state index in [1.807, 2.05) is 12.2 Å². The lowest BCUT2D eigenvalue weighted by Gasteiger charge is -2.29. The zero-order valence-electron chi connectivity index (χ0n) is 15.4. The molecule has 3 N–H and O–H groups in total. The van der Waals surface area contributed by atoms with Gasteiger partial charge in [-0.25, -0.2) is 4.79 Å². The van der Waals surface area contributed by atoms with Gasteiger partial charge in [-0.2, -0.15) is 0 Å². The maximum atomic E-state index is 10.5. The van der Waals surface area contributed by atoms with Crippen LogP contribution in [0.5, 0.6) is 0 Å². The molecule has 2 aliphatic carbocycles. The van der Waals surface area contributed by atoms with Crippen molar-refractivity contribution >= 4 is 17.6 Å². The van der Waals surface area contributed by atoms with Gasteiger partial charge < -0.3 is 20.1 Å². The first kappa shape index (κ1) is 21.7. The molecule has 5 atom stereocenters. The van der Waals surface area contributed by atoms with Gasteiger partial charge >= 0.3 is 5.97 Å². The number of halogens is 1. The summed E-state index contributed by atoms with van der Waals surface area (Å²) in [6.45, 7) is -0.0358. The Bertz CT molecular complexity index is 449. The SMILES string of the molecule is O=C(O)COC/C=C\C[C@@H]1[C@@H](CC[C@@H](O)C2CCCCC2)[C@H](O)C[C@H]1Cl. The third kappa shape index (κ3) is 6.84. The number of carboxylic acids is 1. The highest BCUT2D eigenvalue weighted by molar-refractivity contribution is 6.21. The number of allylic oxidation sites excluding steroid dienone is 1. The van der Waals surface area contributed by atoms with Gasteiger partial charge in [0, 0.05) is 5.38 Å². The van der Waals surface area contributed by atoms with Crippen LogP contribution >= 0.6 is 11.6 Å². The molecule has 2 rings (SSSR count). The van der Waals surface area contributed by atoms with Gasteiger partial charge in [-0.15, -0.1) is 11.6 Å². The van der Waals surface area contributed by atoms with Crippen LogP contribution in [-0.2, 0) is 9.53 Å². The topological polar surface area (TPSA) is 87.0 Å². The number of carbonyl (C=O) groups is 1. The number of aliphatic carboxylic acids is 1. The summed E-state index contributed by atoms with van der Waals surface area (Å²) in [6.07, 6.45) is 11.9. The summed E-state index contributed by atoms with van der Waals surface area (Å²) >= 11 is 6.45. The van der Waals surface area contributed by atoms with E-state index in [0.29, 0.717) is 12.3 Å². The molecular formula is C20H33ClO5. The summed E-state index contributed by atoms with van der Waals surface area (Å²) in [4.78, 5) is 10.4. The van der Waals surface area contributed by atoms with Crippen LogP contribution in [-0.4, -0.2) is 52.1 Å². The van der Waals surface area contributed by atoms with Crippen LogP contribution in [0.25, 0.3) is 0 Å². The van der Waals surface area contributed by atoms with Crippen molar-refractivity contribution in [2.24, 2.45) is 17.8 Å². The molecule has 0 amide bonds. The Labute approximate surface area is 161 Å². The van der Waals surface area contributed by atoms with Crippen LogP contribution in [0.15, 0.2) is 12.2 Å². The number of aliphatic hydroxyl groups excluding tert-OH is 2. The summed E-state index contributed by atoms with van der Waals surface area (Å²) < 4.78 is 4.98. The van der Waals surface area contributed by atoms with E-state index in [9.17, 15) is 15.0 Å². The second-order valence-corrected chi connectivity index (χ2v) is 8.37. The molecule has 26 heavy (non-hydrogen) atoms. The van der Waals surface area contributed by atoms with Crippen molar-refractivity contribution < 1.29 is 24.9 Å². The molecule has 0 aromatic heterocycles. The first-order valence-corrected chi connectivity index (χ1v) is 10.4. The van der Waals surface area contributed by atoms with E-state index in [1.54, 1.807) is 0 Å². The molecule has 0 aromatic rings. The highest BCUT2D eigenvalue weighted by atomic mass is 35.5. The maximum absolute atomic E-state index is 10.5. The Hall–Kier alpha value is -0.620. The molecule has 5 nitrogen and oxygen atoms in total. The van der Waals surface area contributed by atoms with Gasteiger partial charge in [-0.05, 0) is 56.3 Å². The van der Waals surface area contributed by atoms with Crippen LogP contribution in [0.1, 0.15) is 57.8 Å². The van der Waals surface area contributed by atoms with E-state index < -0.39 is 12.1 Å². The number of ether oxygens (including phenoxy) is 1. The Morgan fingerprint density at radius 3 is 2.62 bits per heavy atom. The molecule has 150 valence electrons. The van der Waals surface area contributed by atoms with E-state index in [4.69, 9.17) is 21.4 Å². The quantitative estimate of drug-likeness (QED) is 0.303. The second kappa shape index (κ2) is 11.3. The van der Waals surface area contributed by atoms with Crippen molar-refractivity contribution in [3.8, 4) is 0 Å². The smallest absolute Gasteiger partial charge is 0.329 e. The van der Waals surface area contributed by atoms with Crippen molar-refractivity contribution in [3.63, 3.8) is 0 Å². The summed E-state index contributed by atoms with van der Waals surface area (Å²) in [5, 5.41) is 29.3. The molecule has 2 aliphatic rings. The van der Waals surface area contributed by atoms with E-state index in [1.165, 1.54) is 19.3 Å². The Kier molecular flexibility index (Phi) is 9.40. The van der Waals surface area contributed by atoms with Gasteiger partial charge in [0.25, 0.3) is 0 Å². The van der Waals surface area contributed by atoms with Crippen LogP contribution in [0, 0.1) is 17.8 Å². The summed E-state index contributed by atoms with van der Waals surface area (Å²) in [6, 6.07) is 0. The molecule has 0 bridgehead atoms. The molecule has 0 unspecified atom stereocenters. The predicted molar refractivity (Wildman–Crippen MR) is 101 cm³/mol. The lowest BCUT2D eigenvalue weighted by atomic mass is 9.81. The number of hydrogen-bond donors (Lipinski definition) is 3. The lowest BCUT2D eigenvalue weighted by molar-refractivity contribution is -0.141. The largest absolute Gasteiger partial charge is 0.480 e. The molecule has 0 radical (unpaired) electrons. The van der Waals surface area contributed by atoms with Crippen molar-refractivity contribution in [1.82, 2.24) is 0 Å². The Balaban J connectivity index is 1.77. The van der Waals surface area contributed by atoms with E-state index in [-0.39, 0.29) is 36.5 Å². The maximum Gasteiger partial charge on any atom is 0.329 e. The standard InChI is InChI=1S/C20H33ClO5/c21-17-12-19(23)16(9-10-18(22)14-6-2-1-3-7-14)15(17)8-4-5-11-26-13-20(24)25/h4-5,14-19,22-23H,1-3,6-13H2,(H,24,25)/b5-4-/t15-,16-,17-,18-,19-/m1/s1. The first-order valence-electron chi connectivity index (χ1n) is 9.93. The molecular weight excluding hydrogens is 356 g/mol. The molecule has 0 heterocycles. The van der Waals surface area contributed by atoms with Crippen LogP contribution in [0.2, 0.25) is 0 Å². The molecule has 0 aromatic carbocycles. The lowest BCUT2D eigenvalue weighted by Crippen LogP contribution is -2.26. The van der Waals surface area contributed by atoms with Gasteiger partial charge in [-0.3, -0.25) is 0 Å². The third-order valence-corrected chi connectivity index (χ3v) is 6.48. The van der Waals surface area contributed by atoms with Crippen molar-refractivity contribution in [2.45, 2.75) is 75.4 Å². The normalized spacial score (nSPS) is 31.5. The highest BCUT2D eigenvalue weighted by Crippen LogP contribution is 2.42. The molecule has 0 saturated heterocycles. The fourth-order valence-corrected chi connectivity index (χ4v) is 4.99. The van der Waals surface area contributed by atoms with E-state index in [2.05, 4.69) is 0 Å². The molecule has 0 aliphatic heterocycles. The molecule has 2 fully saturated rings. The van der Waals surface area contributed by atoms with Crippen LogP contribution in [0.3, 0.4) is 0 Å². The van der Waals surface area contributed by atoms with Crippen molar-refractivity contribution in [2.75, 3.05) is 13.2 Å². The third-order valence-electron chi connectivity index (χ3n) is 5.98. The summed E-state index contributed by atoms with van der Waals surface area (Å²) in [7, 11) is 0. The Morgan fingerprint density at radius 1 is 1.19 bits per heavy atom. The van der Waals surface area contributed by atoms with Gasteiger partial charge in [0.15, 0.2) is 0 Å². The van der Waals surface area contributed by atoms with Crippen LogP contribution < -0.4 is 0 Å². The fraction of sp³-hybridized carbons (Fsp3) is 0.850. The van der Waals surface area contributed by atoms with Crippen molar-refractivity contribution in [1.29, 1.82) is 0 Å². The predicted octanol–water partition coefficient (Wildman–Crippen LogP) is 3.36. The number of carboxylic acid groups (broad SMARTS) is 1. The minimum absolute atomic E-state index is 0.0635. The Morgan fingerprint density at radius 2 is 1.92 bits per heavy atom. The second-order valence-electron chi connectivity index (χ2n) is 7.81. The number of aliphatic hydroxyl groups is 2. The molecule has 0 spiro atoms. The monoisotopic (exact) mass is 388 g/mol. The number of hydrogen-bond acceptors (Lipinski definition) is 4. The average molecular weight is 389 g/mol.